The number of primary amides is 1. The maximum Gasteiger partial charge on any atom is 0.332 e. The molecular formula is C7H12N2O5. The molecule has 2 atom stereocenters. The fraction of sp³-hybridized carbons (Fsp3) is 0.571. The number of hydrogen-bond donors (Lipinski definition) is 3. The van der Waals surface area contributed by atoms with Crippen molar-refractivity contribution in [1.29, 1.82) is 0 Å². The van der Waals surface area contributed by atoms with Crippen LogP contribution in [-0.2, 0) is 14.3 Å². The molecule has 2 unspecified atom stereocenters. The molecule has 0 bridgehead atoms. The van der Waals surface area contributed by atoms with Gasteiger partial charge in [-0.15, -0.1) is 0 Å². The summed E-state index contributed by atoms with van der Waals surface area (Å²) in [5, 5.41) is 10.2. The molecule has 0 aromatic heterocycles. The highest BCUT2D eigenvalue weighted by molar-refractivity contribution is 5.95. The number of carbonyl (C=O) groups is 3. The summed E-state index contributed by atoms with van der Waals surface area (Å²) in [6.07, 6.45) is -2.17. The van der Waals surface area contributed by atoms with Gasteiger partial charge in [-0.3, -0.25) is 10.1 Å². The zero-order valence-electron chi connectivity index (χ0n) is 7.81. The standard InChI is InChI=1S/C7H12N2O5/c1-3(5(10)9-7(8)13)14-4(2)6(11)12/h3-4H,1-2H3,(H,11,12)(H3,8,9,10,13). The highest BCUT2D eigenvalue weighted by atomic mass is 16.5. The van der Waals surface area contributed by atoms with E-state index in [-0.39, 0.29) is 0 Å². The Hall–Kier alpha value is -1.63. The van der Waals surface area contributed by atoms with E-state index in [1.807, 2.05) is 0 Å². The molecule has 80 valence electrons. The lowest BCUT2D eigenvalue weighted by molar-refractivity contribution is -0.155. The Morgan fingerprint density at radius 1 is 1.29 bits per heavy atom. The topological polar surface area (TPSA) is 119 Å². The lowest BCUT2D eigenvalue weighted by Gasteiger charge is -2.14. The summed E-state index contributed by atoms with van der Waals surface area (Å²) in [7, 11) is 0. The van der Waals surface area contributed by atoms with Crippen LogP contribution in [0, 0.1) is 0 Å². The van der Waals surface area contributed by atoms with E-state index in [1.54, 1.807) is 5.32 Å². The van der Waals surface area contributed by atoms with Crippen LogP contribution in [0.1, 0.15) is 13.8 Å². The van der Waals surface area contributed by atoms with E-state index in [0.29, 0.717) is 0 Å². The van der Waals surface area contributed by atoms with Gasteiger partial charge in [-0.05, 0) is 13.8 Å². The molecule has 0 heterocycles. The molecule has 0 fully saturated rings. The molecule has 14 heavy (non-hydrogen) atoms. The average molecular weight is 204 g/mol. The van der Waals surface area contributed by atoms with Crippen molar-refractivity contribution >= 4 is 17.9 Å². The minimum atomic E-state index is -1.19. The van der Waals surface area contributed by atoms with Crippen LogP contribution in [0.3, 0.4) is 0 Å². The van der Waals surface area contributed by atoms with E-state index >= 15 is 0 Å². The van der Waals surface area contributed by atoms with Crippen molar-refractivity contribution in [3.63, 3.8) is 0 Å². The van der Waals surface area contributed by atoms with Crippen LogP contribution in [0.15, 0.2) is 0 Å². The Balaban J connectivity index is 4.07. The molecule has 7 heteroatoms. The van der Waals surface area contributed by atoms with Crippen LogP contribution in [-0.4, -0.2) is 35.2 Å². The van der Waals surface area contributed by atoms with Crippen molar-refractivity contribution in [3.05, 3.63) is 0 Å². The molecule has 0 rings (SSSR count). The van der Waals surface area contributed by atoms with Crippen LogP contribution in [0.2, 0.25) is 0 Å². The quantitative estimate of drug-likeness (QED) is 0.546. The highest BCUT2D eigenvalue weighted by Gasteiger charge is 2.21. The summed E-state index contributed by atoms with van der Waals surface area (Å²) in [5.74, 6) is -1.96. The molecule has 0 saturated carbocycles. The second-order valence-electron chi connectivity index (χ2n) is 2.61. The van der Waals surface area contributed by atoms with Gasteiger partial charge in [0.05, 0.1) is 0 Å². The monoisotopic (exact) mass is 204 g/mol. The average Bonchev–Trinajstić information content (AvgIpc) is 2.02. The number of carboxylic acids is 1. The number of carboxylic acid groups (broad SMARTS) is 1. The maximum atomic E-state index is 11.0. The minimum absolute atomic E-state index is 0.773. The number of hydrogen-bond acceptors (Lipinski definition) is 4. The lowest BCUT2D eigenvalue weighted by Crippen LogP contribution is -2.43. The lowest BCUT2D eigenvalue weighted by atomic mass is 10.3. The molecule has 0 aromatic rings. The number of nitrogens with one attached hydrogen (secondary N) is 1. The Morgan fingerprint density at radius 2 is 1.79 bits per heavy atom. The highest BCUT2D eigenvalue weighted by Crippen LogP contribution is 1.98. The molecule has 3 amide bonds. The predicted molar refractivity (Wildman–Crippen MR) is 45.4 cm³/mol. The third kappa shape index (κ3) is 4.41. The van der Waals surface area contributed by atoms with Gasteiger partial charge < -0.3 is 15.6 Å². The van der Waals surface area contributed by atoms with Crippen molar-refractivity contribution in [2.45, 2.75) is 26.1 Å². The molecule has 0 aliphatic heterocycles. The van der Waals surface area contributed by atoms with Crippen LogP contribution in [0.25, 0.3) is 0 Å². The number of nitrogens with two attached hydrogens (primary N) is 1. The summed E-state index contributed by atoms with van der Waals surface area (Å²) >= 11 is 0. The zero-order chi connectivity index (χ0) is 11.3. The largest absolute Gasteiger partial charge is 0.479 e. The Morgan fingerprint density at radius 3 is 2.14 bits per heavy atom. The van der Waals surface area contributed by atoms with Gasteiger partial charge in [0.1, 0.15) is 6.10 Å². The summed E-state index contributed by atoms with van der Waals surface area (Å²) in [4.78, 5) is 31.6. The van der Waals surface area contributed by atoms with Gasteiger partial charge >= 0.3 is 12.0 Å². The van der Waals surface area contributed by atoms with Gasteiger partial charge in [0.15, 0.2) is 6.10 Å². The molecule has 0 aliphatic carbocycles. The van der Waals surface area contributed by atoms with Crippen molar-refractivity contribution in [2.75, 3.05) is 0 Å². The third-order valence-corrected chi connectivity index (χ3v) is 1.37. The van der Waals surface area contributed by atoms with Crippen LogP contribution in [0.4, 0.5) is 4.79 Å². The van der Waals surface area contributed by atoms with Gasteiger partial charge in [0.25, 0.3) is 5.91 Å². The fourth-order valence-corrected chi connectivity index (χ4v) is 0.649. The normalized spacial score (nSPS) is 14.1. The number of rotatable bonds is 4. The number of ether oxygens (including phenoxy) is 1. The SMILES string of the molecule is CC(OC(C)C(=O)NC(N)=O)C(=O)O. The van der Waals surface area contributed by atoms with Gasteiger partial charge in [-0.1, -0.05) is 0 Å². The Labute approximate surface area is 80.2 Å². The molecule has 0 radical (unpaired) electrons. The zero-order valence-corrected chi connectivity index (χ0v) is 7.81. The van der Waals surface area contributed by atoms with Crippen molar-refractivity contribution < 1.29 is 24.2 Å². The summed E-state index contributed by atoms with van der Waals surface area (Å²) in [5.41, 5.74) is 4.68. The first-order valence-electron chi connectivity index (χ1n) is 3.83. The van der Waals surface area contributed by atoms with E-state index in [1.165, 1.54) is 13.8 Å². The first-order valence-corrected chi connectivity index (χ1v) is 3.83. The number of urea groups is 1. The van der Waals surface area contributed by atoms with Crippen molar-refractivity contribution in [3.8, 4) is 0 Å². The third-order valence-electron chi connectivity index (χ3n) is 1.37. The smallest absolute Gasteiger partial charge is 0.332 e. The van der Waals surface area contributed by atoms with Gasteiger partial charge in [-0.2, -0.15) is 0 Å². The molecule has 4 N–H and O–H groups in total. The first kappa shape index (κ1) is 12.4. The van der Waals surface area contributed by atoms with Gasteiger partial charge in [0, 0.05) is 0 Å². The van der Waals surface area contributed by atoms with E-state index in [2.05, 4.69) is 5.73 Å². The predicted octanol–water partition coefficient (Wildman–Crippen LogP) is -0.940. The van der Waals surface area contributed by atoms with Gasteiger partial charge in [0.2, 0.25) is 0 Å². The molecule has 0 spiro atoms. The first-order chi connectivity index (χ1) is 6.34. The van der Waals surface area contributed by atoms with Crippen molar-refractivity contribution in [2.24, 2.45) is 5.73 Å². The summed E-state index contributed by atoms with van der Waals surface area (Å²) < 4.78 is 4.76. The van der Waals surface area contributed by atoms with Crippen molar-refractivity contribution in [1.82, 2.24) is 5.32 Å². The molecular weight excluding hydrogens is 192 g/mol. The fourth-order valence-electron chi connectivity index (χ4n) is 0.649. The van der Waals surface area contributed by atoms with E-state index in [0.717, 1.165) is 0 Å². The second-order valence-corrected chi connectivity index (χ2v) is 2.61. The van der Waals surface area contributed by atoms with E-state index < -0.39 is 30.1 Å². The molecule has 0 aliphatic rings. The minimum Gasteiger partial charge on any atom is -0.479 e. The summed E-state index contributed by atoms with van der Waals surface area (Å²) in [6, 6.07) is -1.01. The Kier molecular flexibility index (Phi) is 4.57. The van der Waals surface area contributed by atoms with E-state index in [9.17, 15) is 14.4 Å². The second kappa shape index (κ2) is 5.18. The molecule has 7 nitrogen and oxygen atoms in total. The number of aliphatic carboxylic acids is 1. The number of carbonyl (C=O) groups excluding carboxylic acids is 2. The van der Waals surface area contributed by atoms with Crippen LogP contribution < -0.4 is 11.1 Å². The number of imide groups is 1. The van der Waals surface area contributed by atoms with Crippen LogP contribution in [0.5, 0.6) is 0 Å². The van der Waals surface area contributed by atoms with Crippen LogP contribution >= 0.6 is 0 Å². The van der Waals surface area contributed by atoms with Gasteiger partial charge in [-0.25, -0.2) is 9.59 Å². The summed E-state index contributed by atoms with van der Waals surface area (Å²) in [6.45, 7) is 2.59. The number of amides is 3. The molecule has 0 saturated heterocycles. The maximum absolute atomic E-state index is 11.0. The Bertz CT molecular complexity index is 252. The van der Waals surface area contributed by atoms with E-state index in [4.69, 9.17) is 9.84 Å². The molecule has 0 aromatic carbocycles.